The van der Waals surface area contributed by atoms with E-state index in [1.54, 1.807) is 6.07 Å². The van der Waals surface area contributed by atoms with Gasteiger partial charge in [-0.25, -0.2) is 4.39 Å². The summed E-state index contributed by atoms with van der Waals surface area (Å²) in [6.45, 7) is 0.830. The highest BCUT2D eigenvalue weighted by Gasteiger charge is 2.54. The molecule has 5 heteroatoms. The Bertz CT molecular complexity index is 848. The van der Waals surface area contributed by atoms with Crippen molar-refractivity contribution in [2.75, 3.05) is 18.5 Å². The van der Waals surface area contributed by atoms with E-state index >= 15 is 0 Å². The summed E-state index contributed by atoms with van der Waals surface area (Å²) in [6, 6.07) is 8.20. The number of anilines is 1. The molecule has 0 saturated carbocycles. The lowest BCUT2D eigenvalue weighted by molar-refractivity contribution is -0.119. The molecule has 5 rings (SSSR count). The van der Waals surface area contributed by atoms with E-state index < -0.39 is 5.41 Å². The Hall–Kier alpha value is -2.56. The highest BCUT2D eigenvalue weighted by molar-refractivity contribution is 6.09. The Morgan fingerprint density at radius 2 is 2.00 bits per heavy atom. The van der Waals surface area contributed by atoms with Crippen LogP contribution in [0, 0.1) is 5.82 Å². The van der Waals surface area contributed by atoms with Crippen LogP contribution in [0.25, 0.3) is 0 Å². The zero-order chi connectivity index (χ0) is 14.9. The molecule has 0 radical (unpaired) electrons. The van der Waals surface area contributed by atoms with Gasteiger partial charge in [0.15, 0.2) is 0 Å². The number of benzene rings is 2. The highest BCUT2D eigenvalue weighted by Crippen LogP contribution is 2.52. The minimum atomic E-state index is -0.954. The molecule has 1 unspecified atom stereocenters. The summed E-state index contributed by atoms with van der Waals surface area (Å²) < 4.78 is 25.0. The summed E-state index contributed by atoms with van der Waals surface area (Å²) in [5.41, 5.74) is 2.22. The van der Waals surface area contributed by atoms with Gasteiger partial charge in [-0.1, -0.05) is 0 Å². The third kappa shape index (κ3) is 1.29. The molecule has 4 nitrogen and oxygen atoms in total. The average molecular weight is 297 g/mol. The summed E-state index contributed by atoms with van der Waals surface area (Å²) in [5, 5.41) is 2.85. The normalized spacial score (nSPS) is 23.6. The van der Waals surface area contributed by atoms with Crippen molar-refractivity contribution < 1.29 is 18.7 Å². The minimum absolute atomic E-state index is 0.161. The zero-order valence-electron chi connectivity index (χ0n) is 11.6. The van der Waals surface area contributed by atoms with Crippen molar-refractivity contribution in [1.29, 1.82) is 0 Å². The fourth-order valence-electron chi connectivity index (χ4n) is 3.66. The molecule has 0 aromatic heterocycles. The van der Waals surface area contributed by atoms with Crippen LogP contribution in [0.5, 0.6) is 11.5 Å². The first kappa shape index (κ1) is 12.0. The van der Waals surface area contributed by atoms with Crippen molar-refractivity contribution in [3.8, 4) is 11.5 Å². The van der Waals surface area contributed by atoms with Gasteiger partial charge in [-0.3, -0.25) is 4.79 Å². The van der Waals surface area contributed by atoms with Gasteiger partial charge >= 0.3 is 0 Å². The predicted molar refractivity (Wildman–Crippen MR) is 76.9 cm³/mol. The number of ether oxygens (including phenoxy) is 2. The number of carbonyl (C=O) groups is 1. The number of amides is 1. The first-order chi connectivity index (χ1) is 10.7. The first-order valence-corrected chi connectivity index (χ1v) is 7.23. The summed E-state index contributed by atoms with van der Waals surface area (Å²) in [4.78, 5) is 12.7. The molecule has 0 saturated heterocycles. The number of halogens is 1. The molecule has 110 valence electrons. The number of hydrogen-bond donors (Lipinski definition) is 1. The first-order valence-electron chi connectivity index (χ1n) is 7.23. The van der Waals surface area contributed by atoms with Crippen molar-refractivity contribution >= 4 is 11.6 Å². The summed E-state index contributed by atoms with van der Waals surface area (Å²) in [7, 11) is 0. The molecule has 3 aliphatic rings. The molecular weight excluding hydrogens is 285 g/mol. The summed E-state index contributed by atoms with van der Waals surface area (Å²) >= 11 is 0. The van der Waals surface area contributed by atoms with E-state index in [4.69, 9.17) is 9.47 Å². The Balaban J connectivity index is 1.79. The molecule has 22 heavy (non-hydrogen) atoms. The van der Waals surface area contributed by atoms with E-state index in [1.807, 2.05) is 12.1 Å². The second kappa shape index (κ2) is 3.80. The molecule has 1 spiro atoms. The Kier molecular flexibility index (Phi) is 2.08. The standard InChI is InChI=1S/C17H12FNO3/c18-10-1-2-13-11(6-10)17(16(20)19-13)8-22-15-7-14-9(3-4-21-14)5-12(15)17/h1-2,5-7H,3-4,8H2,(H,19,20). The molecule has 1 atom stereocenters. The van der Waals surface area contributed by atoms with Gasteiger partial charge in [0.1, 0.15) is 29.3 Å². The molecule has 3 heterocycles. The SMILES string of the molecule is O=C1Nc2ccc(F)cc2C12COc1cc3c(cc12)CCO3. The molecule has 1 N–H and O–H groups in total. The van der Waals surface area contributed by atoms with Crippen LogP contribution in [-0.2, 0) is 16.6 Å². The third-order valence-corrected chi connectivity index (χ3v) is 4.77. The van der Waals surface area contributed by atoms with Crippen LogP contribution < -0.4 is 14.8 Å². The van der Waals surface area contributed by atoms with Gasteiger partial charge in [-0.2, -0.15) is 0 Å². The van der Waals surface area contributed by atoms with Crippen LogP contribution in [0.1, 0.15) is 16.7 Å². The molecule has 0 fully saturated rings. The molecule has 2 aromatic carbocycles. The second-order valence-corrected chi connectivity index (χ2v) is 5.89. The van der Waals surface area contributed by atoms with E-state index in [2.05, 4.69) is 5.32 Å². The molecule has 3 aliphatic heterocycles. The van der Waals surface area contributed by atoms with Crippen molar-refractivity contribution in [3.05, 3.63) is 52.8 Å². The van der Waals surface area contributed by atoms with Gasteiger partial charge in [-0.05, 0) is 29.8 Å². The second-order valence-electron chi connectivity index (χ2n) is 5.89. The lowest BCUT2D eigenvalue weighted by atomic mass is 9.76. The molecule has 0 aliphatic carbocycles. The van der Waals surface area contributed by atoms with Gasteiger partial charge in [-0.15, -0.1) is 0 Å². The maximum absolute atomic E-state index is 13.7. The molecular formula is C17H12FNO3. The fraction of sp³-hybridized carbons (Fsp3) is 0.235. The smallest absolute Gasteiger partial charge is 0.243 e. The predicted octanol–water partition coefficient (Wildman–Crippen LogP) is 2.39. The highest BCUT2D eigenvalue weighted by atomic mass is 19.1. The monoisotopic (exact) mass is 297 g/mol. The van der Waals surface area contributed by atoms with Crippen LogP contribution in [-0.4, -0.2) is 19.1 Å². The summed E-state index contributed by atoms with van der Waals surface area (Å²) in [6.07, 6.45) is 0.816. The number of fused-ring (bicyclic) bond motifs is 5. The van der Waals surface area contributed by atoms with Crippen LogP contribution in [0.2, 0.25) is 0 Å². The number of rotatable bonds is 0. The zero-order valence-corrected chi connectivity index (χ0v) is 11.6. The van der Waals surface area contributed by atoms with E-state index in [1.165, 1.54) is 12.1 Å². The molecule has 0 bridgehead atoms. The Labute approximate surface area is 125 Å². The van der Waals surface area contributed by atoms with E-state index in [0.717, 1.165) is 23.3 Å². The topological polar surface area (TPSA) is 47.6 Å². The average Bonchev–Trinajstić information content (AvgIpc) is 3.17. The van der Waals surface area contributed by atoms with Crippen LogP contribution in [0.4, 0.5) is 10.1 Å². The van der Waals surface area contributed by atoms with Crippen molar-refractivity contribution in [3.63, 3.8) is 0 Å². The quantitative estimate of drug-likeness (QED) is 0.812. The molecule has 1 amide bonds. The Morgan fingerprint density at radius 3 is 2.91 bits per heavy atom. The number of carbonyl (C=O) groups excluding carboxylic acids is 1. The maximum Gasteiger partial charge on any atom is 0.243 e. The van der Waals surface area contributed by atoms with Gasteiger partial charge in [0.2, 0.25) is 5.91 Å². The Morgan fingerprint density at radius 1 is 1.09 bits per heavy atom. The van der Waals surface area contributed by atoms with Crippen LogP contribution in [0.15, 0.2) is 30.3 Å². The van der Waals surface area contributed by atoms with E-state index in [0.29, 0.717) is 23.6 Å². The van der Waals surface area contributed by atoms with E-state index in [-0.39, 0.29) is 18.3 Å². The molecule has 2 aromatic rings. The van der Waals surface area contributed by atoms with Crippen LogP contribution >= 0.6 is 0 Å². The number of hydrogen-bond acceptors (Lipinski definition) is 3. The van der Waals surface area contributed by atoms with Gasteiger partial charge in [0.25, 0.3) is 0 Å². The lowest BCUT2D eigenvalue weighted by Crippen LogP contribution is -2.37. The fourth-order valence-corrected chi connectivity index (χ4v) is 3.66. The largest absolute Gasteiger partial charge is 0.493 e. The lowest BCUT2D eigenvalue weighted by Gasteiger charge is -2.20. The number of nitrogens with one attached hydrogen (secondary N) is 1. The van der Waals surface area contributed by atoms with Gasteiger partial charge in [0, 0.05) is 29.3 Å². The van der Waals surface area contributed by atoms with Gasteiger partial charge < -0.3 is 14.8 Å². The van der Waals surface area contributed by atoms with Crippen LogP contribution in [0.3, 0.4) is 0 Å². The van der Waals surface area contributed by atoms with Gasteiger partial charge in [0.05, 0.1) is 6.61 Å². The van der Waals surface area contributed by atoms with Crippen molar-refractivity contribution in [2.45, 2.75) is 11.8 Å². The minimum Gasteiger partial charge on any atom is -0.493 e. The van der Waals surface area contributed by atoms with E-state index in [9.17, 15) is 9.18 Å². The third-order valence-electron chi connectivity index (χ3n) is 4.77. The maximum atomic E-state index is 13.7. The van der Waals surface area contributed by atoms with Crippen molar-refractivity contribution in [1.82, 2.24) is 0 Å². The van der Waals surface area contributed by atoms with Crippen molar-refractivity contribution in [2.24, 2.45) is 0 Å². The summed E-state index contributed by atoms with van der Waals surface area (Å²) in [5.74, 6) is 0.944.